The lowest BCUT2D eigenvalue weighted by Crippen LogP contribution is -2.63. The molecule has 0 aliphatic carbocycles. The van der Waals surface area contributed by atoms with Crippen LogP contribution in [0.3, 0.4) is 0 Å². The Morgan fingerprint density at radius 2 is 1.45 bits per heavy atom. The molecule has 0 spiro atoms. The molecule has 0 radical (unpaired) electrons. The first-order valence-corrected chi connectivity index (χ1v) is 5.61. The van der Waals surface area contributed by atoms with Crippen LogP contribution >= 0.6 is 0 Å². The zero-order valence-electron chi connectivity index (χ0n) is 10.1. The molecule has 20 heavy (non-hydrogen) atoms. The maximum absolute atomic E-state index is 13.3. The largest absolute Gasteiger partial charge is 0.449 e. The zero-order valence-corrected chi connectivity index (χ0v) is 10.1. The van der Waals surface area contributed by atoms with Gasteiger partial charge in [-0.25, -0.2) is 0 Å². The van der Waals surface area contributed by atoms with Gasteiger partial charge in [-0.2, -0.15) is 22.0 Å². The third-order valence-corrected chi connectivity index (χ3v) is 2.83. The Morgan fingerprint density at radius 1 is 0.950 bits per heavy atom. The molecule has 1 aromatic rings. The van der Waals surface area contributed by atoms with Crippen molar-refractivity contribution in [3.8, 4) is 0 Å². The Kier molecular flexibility index (Phi) is 4.73. The average Bonchev–Trinajstić information content (AvgIpc) is 2.35. The summed E-state index contributed by atoms with van der Waals surface area (Å²) in [7, 11) is 0. The van der Waals surface area contributed by atoms with Crippen molar-refractivity contribution in [2.45, 2.75) is 36.8 Å². The highest BCUT2D eigenvalue weighted by Crippen LogP contribution is 2.42. The van der Waals surface area contributed by atoms with Crippen LogP contribution in [0.4, 0.5) is 22.0 Å². The van der Waals surface area contributed by atoms with Crippen molar-refractivity contribution in [1.82, 2.24) is 0 Å². The molecule has 1 unspecified atom stereocenters. The van der Waals surface area contributed by atoms with E-state index in [-0.39, 0.29) is 6.42 Å². The van der Waals surface area contributed by atoms with Gasteiger partial charge in [-0.1, -0.05) is 30.3 Å². The zero-order chi connectivity index (χ0) is 15.6. The molecule has 0 aromatic heterocycles. The van der Waals surface area contributed by atoms with Gasteiger partial charge < -0.3 is 15.3 Å². The van der Waals surface area contributed by atoms with Crippen molar-refractivity contribution in [3.63, 3.8) is 0 Å². The normalized spacial score (nSPS) is 15.2. The molecule has 1 aromatic carbocycles. The van der Waals surface area contributed by atoms with Gasteiger partial charge in [0.25, 0.3) is 0 Å². The maximum Gasteiger partial charge on any atom is 0.449 e. The molecule has 1 rings (SSSR count). The predicted molar refractivity (Wildman–Crippen MR) is 58.9 cm³/mol. The van der Waals surface area contributed by atoms with E-state index in [0.29, 0.717) is 5.56 Å². The molecule has 3 nitrogen and oxygen atoms in total. The summed E-state index contributed by atoms with van der Waals surface area (Å²) in [5.41, 5.74) is 0.524. The fourth-order valence-corrected chi connectivity index (χ4v) is 1.55. The maximum atomic E-state index is 13.3. The monoisotopic (exact) mass is 300 g/mol. The lowest BCUT2D eigenvalue weighted by molar-refractivity contribution is -0.429. The van der Waals surface area contributed by atoms with Gasteiger partial charge in [0.1, 0.15) is 6.10 Å². The summed E-state index contributed by atoms with van der Waals surface area (Å²) in [5.74, 6) is -10.4. The van der Waals surface area contributed by atoms with Gasteiger partial charge in [-0.15, -0.1) is 0 Å². The van der Waals surface area contributed by atoms with Gasteiger partial charge in [0.2, 0.25) is 0 Å². The van der Waals surface area contributed by atoms with Crippen LogP contribution in [0.1, 0.15) is 12.0 Å². The Hall–Kier alpha value is -1.25. The summed E-state index contributed by atoms with van der Waals surface area (Å²) in [6.07, 6.45) is -9.72. The molecule has 0 bridgehead atoms. The summed E-state index contributed by atoms with van der Waals surface area (Å²) >= 11 is 0. The number of aryl methyl sites for hydroxylation is 1. The fraction of sp³-hybridized carbons (Fsp3) is 0.500. The number of alkyl halides is 5. The standard InChI is InChI=1S/C12H13F5O3/c13-10(14,11(19,20)12(15,16)17)9(18)7-6-8-4-2-1-3-5-8/h1-5,9,18-20H,6-7H2. The summed E-state index contributed by atoms with van der Waals surface area (Å²) in [5, 5.41) is 26.3. The van der Waals surface area contributed by atoms with E-state index in [1.807, 2.05) is 0 Å². The van der Waals surface area contributed by atoms with E-state index in [1.165, 1.54) is 0 Å². The van der Waals surface area contributed by atoms with Crippen LogP contribution in [0.15, 0.2) is 30.3 Å². The van der Waals surface area contributed by atoms with Crippen LogP contribution in [0.25, 0.3) is 0 Å². The van der Waals surface area contributed by atoms with Crippen LogP contribution in [0.5, 0.6) is 0 Å². The van der Waals surface area contributed by atoms with Gasteiger partial charge in [0.05, 0.1) is 0 Å². The highest BCUT2D eigenvalue weighted by Gasteiger charge is 2.71. The first kappa shape index (κ1) is 16.8. The van der Waals surface area contributed by atoms with Crippen molar-refractivity contribution in [2.24, 2.45) is 0 Å². The van der Waals surface area contributed by atoms with Crippen molar-refractivity contribution in [2.75, 3.05) is 0 Å². The van der Waals surface area contributed by atoms with Crippen molar-refractivity contribution < 1.29 is 37.3 Å². The minimum Gasteiger partial charge on any atom is -0.387 e. The van der Waals surface area contributed by atoms with Crippen LogP contribution in [0, 0.1) is 0 Å². The number of hydrogen-bond acceptors (Lipinski definition) is 3. The molecule has 0 fully saturated rings. The molecule has 0 heterocycles. The smallest absolute Gasteiger partial charge is 0.387 e. The third-order valence-electron chi connectivity index (χ3n) is 2.83. The Bertz CT molecular complexity index is 430. The minimum absolute atomic E-state index is 0.133. The average molecular weight is 300 g/mol. The second-order valence-corrected chi connectivity index (χ2v) is 4.33. The highest BCUT2D eigenvalue weighted by atomic mass is 19.4. The summed E-state index contributed by atoms with van der Waals surface area (Å²) in [6.45, 7) is 0. The topological polar surface area (TPSA) is 60.7 Å². The molecule has 1 atom stereocenters. The Balaban J connectivity index is 2.77. The molecular formula is C12H13F5O3. The molecule has 0 amide bonds. The first-order chi connectivity index (χ1) is 9.00. The predicted octanol–water partition coefficient (Wildman–Crippen LogP) is 1.86. The highest BCUT2D eigenvalue weighted by molar-refractivity contribution is 5.15. The molecule has 3 N–H and O–H groups in total. The lowest BCUT2D eigenvalue weighted by atomic mass is 9.97. The van der Waals surface area contributed by atoms with Crippen LogP contribution < -0.4 is 0 Å². The molecular weight excluding hydrogens is 287 g/mol. The Morgan fingerprint density at radius 3 is 1.90 bits per heavy atom. The van der Waals surface area contributed by atoms with Gasteiger partial charge in [-0.3, -0.25) is 0 Å². The van der Waals surface area contributed by atoms with E-state index >= 15 is 0 Å². The summed E-state index contributed by atoms with van der Waals surface area (Å²) in [6, 6.07) is 7.93. The van der Waals surface area contributed by atoms with E-state index in [1.54, 1.807) is 30.3 Å². The van der Waals surface area contributed by atoms with Crippen LogP contribution in [0.2, 0.25) is 0 Å². The molecule has 0 aliphatic heterocycles. The van der Waals surface area contributed by atoms with Crippen molar-refractivity contribution >= 4 is 0 Å². The van der Waals surface area contributed by atoms with E-state index < -0.39 is 30.4 Å². The van der Waals surface area contributed by atoms with E-state index in [2.05, 4.69) is 0 Å². The molecule has 8 heteroatoms. The number of benzene rings is 1. The fourth-order valence-electron chi connectivity index (χ4n) is 1.55. The molecule has 0 saturated carbocycles. The second-order valence-electron chi connectivity index (χ2n) is 4.33. The number of rotatable bonds is 5. The summed E-state index contributed by atoms with van der Waals surface area (Å²) < 4.78 is 63.1. The quantitative estimate of drug-likeness (QED) is 0.574. The minimum atomic E-state index is -5.98. The number of halogens is 5. The Labute approximate surface area is 111 Å². The lowest BCUT2D eigenvalue weighted by Gasteiger charge is -2.35. The third kappa shape index (κ3) is 3.25. The SMILES string of the molecule is OC(CCc1ccccc1)C(F)(F)C(O)(O)C(F)(F)F. The van der Waals surface area contributed by atoms with Gasteiger partial charge >= 0.3 is 17.9 Å². The van der Waals surface area contributed by atoms with Crippen molar-refractivity contribution in [1.29, 1.82) is 0 Å². The van der Waals surface area contributed by atoms with E-state index in [4.69, 9.17) is 15.3 Å². The van der Waals surface area contributed by atoms with Gasteiger partial charge in [-0.05, 0) is 18.4 Å². The van der Waals surface area contributed by atoms with E-state index in [9.17, 15) is 22.0 Å². The van der Waals surface area contributed by atoms with Gasteiger partial charge in [0, 0.05) is 0 Å². The molecule has 0 saturated heterocycles. The molecule has 114 valence electrons. The van der Waals surface area contributed by atoms with E-state index in [0.717, 1.165) is 0 Å². The number of aliphatic hydroxyl groups is 3. The second kappa shape index (κ2) is 5.63. The van der Waals surface area contributed by atoms with Crippen molar-refractivity contribution in [3.05, 3.63) is 35.9 Å². The number of hydrogen-bond donors (Lipinski definition) is 3. The number of aliphatic hydroxyl groups excluding tert-OH is 1. The van der Waals surface area contributed by atoms with Crippen LogP contribution in [-0.2, 0) is 6.42 Å². The first-order valence-electron chi connectivity index (χ1n) is 5.61. The molecule has 0 aliphatic rings. The summed E-state index contributed by atoms with van der Waals surface area (Å²) in [4.78, 5) is 0. The van der Waals surface area contributed by atoms with Crippen LogP contribution in [-0.4, -0.2) is 39.3 Å². The van der Waals surface area contributed by atoms with Gasteiger partial charge in [0.15, 0.2) is 0 Å².